The van der Waals surface area contributed by atoms with Gasteiger partial charge in [0.15, 0.2) is 7.29 Å². The van der Waals surface area contributed by atoms with Crippen LogP contribution in [0.4, 0.5) is 0 Å². The Kier molecular flexibility index (Phi) is 5.49. The van der Waals surface area contributed by atoms with Gasteiger partial charge >= 0.3 is 0 Å². The molecule has 2 aromatic rings. The topological polar surface area (TPSA) is 29.1 Å². The molecule has 4 rings (SSSR count). The molecule has 1 saturated carbocycles. The van der Waals surface area contributed by atoms with Gasteiger partial charge in [-0.1, -0.05) is 91.7 Å². The highest BCUT2D eigenvalue weighted by molar-refractivity contribution is 8.17. The van der Waals surface area contributed by atoms with Crippen LogP contribution in [0, 0.1) is 0 Å². The molecule has 1 N–H and O–H groups in total. The third-order valence-electron chi connectivity index (χ3n) is 4.94. The molecule has 1 fully saturated rings. The molecule has 0 saturated heterocycles. The van der Waals surface area contributed by atoms with Crippen molar-refractivity contribution in [3.8, 4) is 0 Å². The molecule has 134 valence electrons. The van der Waals surface area contributed by atoms with Crippen LogP contribution in [0.5, 0.6) is 0 Å². The molecule has 4 heteroatoms. The Labute approximate surface area is 160 Å². The van der Waals surface area contributed by atoms with Crippen LogP contribution in [-0.4, -0.2) is 6.04 Å². The molecule has 2 nitrogen and oxygen atoms in total. The van der Waals surface area contributed by atoms with Gasteiger partial charge in [0.2, 0.25) is 0 Å². The van der Waals surface area contributed by atoms with Gasteiger partial charge < -0.3 is 0 Å². The fourth-order valence-corrected chi connectivity index (χ4v) is 7.77. The number of hydrogen-bond acceptors (Lipinski definition) is 2. The summed E-state index contributed by atoms with van der Waals surface area (Å²) in [6.07, 6.45) is 6.02. The Balaban J connectivity index is 1.70. The van der Waals surface area contributed by atoms with Gasteiger partial charge in [0.25, 0.3) is 0 Å². The summed E-state index contributed by atoms with van der Waals surface area (Å²) in [5.41, 5.74) is 2.26. The van der Waals surface area contributed by atoms with Gasteiger partial charge in [-0.25, -0.2) is 0 Å². The van der Waals surface area contributed by atoms with Crippen LogP contribution in [-0.2, 0) is 4.57 Å². The first-order valence-electron chi connectivity index (χ1n) is 9.33. The molecule has 0 radical (unpaired) electrons. The second kappa shape index (κ2) is 8.00. The number of thioether (sulfide) groups is 1. The highest BCUT2D eigenvalue weighted by atomic mass is 32.2. The van der Waals surface area contributed by atoms with Crippen molar-refractivity contribution in [1.82, 2.24) is 5.09 Å². The highest BCUT2D eigenvalue weighted by Gasteiger charge is 2.28. The molecule has 1 heterocycles. The molecule has 26 heavy (non-hydrogen) atoms. The Morgan fingerprint density at radius 1 is 0.769 bits per heavy atom. The van der Waals surface area contributed by atoms with Gasteiger partial charge in [0, 0.05) is 27.5 Å². The summed E-state index contributed by atoms with van der Waals surface area (Å²) < 4.78 is 13.8. The van der Waals surface area contributed by atoms with E-state index in [0.717, 1.165) is 33.8 Å². The molecule has 0 aromatic heterocycles. The summed E-state index contributed by atoms with van der Waals surface area (Å²) in [4.78, 5) is 2.16. The zero-order valence-electron chi connectivity index (χ0n) is 14.8. The average molecular weight is 381 g/mol. The molecule has 0 spiro atoms. The van der Waals surface area contributed by atoms with Crippen LogP contribution in [0.3, 0.4) is 0 Å². The third kappa shape index (κ3) is 4.23. The summed E-state index contributed by atoms with van der Waals surface area (Å²) in [5.74, 6) is 3.96. The average Bonchev–Trinajstić information content (AvgIpc) is 2.69. The fourth-order valence-electron chi connectivity index (χ4n) is 3.62. The normalized spacial score (nSPS) is 20.3. The minimum Gasteiger partial charge on any atom is -0.298 e. The maximum Gasteiger partial charge on any atom is 0.193 e. The van der Waals surface area contributed by atoms with Crippen LogP contribution < -0.4 is 5.09 Å². The van der Waals surface area contributed by atoms with E-state index in [9.17, 15) is 4.57 Å². The molecule has 0 amide bonds. The van der Waals surface area contributed by atoms with Gasteiger partial charge in [0.05, 0.1) is 0 Å². The van der Waals surface area contributed by atoms with Crippen molar-refractivity contribution in [2.45, 2.75) is 38.1 Å². The van der Waals surface area contributed by atoms with Crippen molar-refractivity contribution in [1.29, 1.82) is 0 Å². The first-order chi connectivity index (χ1) is 12.7. The molecular formula is C22H24NOPS. The summed E-state index contributed by atoms with van der Waals surface area (Å²) in [5, 5.41) is 3.52. The fraction of sp³-hybridized carbons (Fsp3) is 0.273. The van der Waals surface area contributed by atoms with Crippen molar-refractivity contribution in [3.63, 3.8) is 0 Å². The summed E-state index contributed by atoms with van der Waals surface area (Å²) in [6, 6.07) is 20.9. The molecule has 2 aliphatic rings. The van der Waals surface area contributed by atoms with E-state index in [1.807, 2.05) is 48.0 Å². The van der Waals surface area contributed by atoms with Gasteiger partial charge in [-0.3, -0.25) is 9.65 Å². The van der Waals surface area contributed by atoms with Crippen molar-refractivity contribution in [3.05, 3.63) is 83.4 Å². The van der Waals surface area contributed by atoms with Crippen molar-refractivity contribution < 1.29 is 4.57 Å². The first-order valence-corrected chi connectivity index (χ1v) is 12.0. The zero-order chi connectivity index (χ0) is 17.8. The predicted octanol–water partition coefficient (Wildman–Crippen LogP) is 6.93. The van der Waals surface area contributed by atoms with E-state index in [-0.39, 0.29) is 0 Å². The smallest absolute Gasteiger partial charge is 0.193 e. The Morgan fingerprint density at radius 2 is 1.27 bits per heavy atom. The van der Waals surface area contributed by atoms with Crippen LogP contribution in [0.15, 0.2) is 72.3 Å². The summed E-state index contributed by atoms with van der Waals surface area (Å²) in [6.45, 7) is 0. The lowest BCUT2D eigenvalue weighted by molar-refractivity contribution is 0.414. The molecular weight excluding hydrogens is 357 g/mol. The molecule has 1 aliphatic heterocycles. The van der Waals surface area contributed by atoms with Gasteiger partial charge in [-0.15, -0.1) is 0 Å². The molecule has 0 bridgehead atoms. The van der Waals surface area contributed by atoms with E-state index in [0.29, 0.717) is 6.04 Å². The molecule has 0 unspecified atom stereocenters. The third-order valence-corrected chi connectivity index (χ3v) is 8.49. The van der Waals surface area contributed by atoms with Gasteiger partial charge in [0.1, 0.15) is 0 Å². The maximum absolute atomic E-state index is 13.8. The zero-order valence-corrected chi connectivity index (χ0v) is 16.5. The van der Waals surface area contributed by atoms with Gasteiger partial charge in [-0.05, 0) is 24.0 Å². The number of hydrogen-bond donors (Lipinski definition) is 1. The second-order valence-electron chi connectivity index (χ2n) is 6.99. The van der Waals surface area contributed by atoms with E-state index in [4.69, 9.17) is 0 Å². The molecule has 1 aliphatic carbocycles. The maximum atomic E-state index is 13.8. The van der Waals surface area contributed by atoms with E-state index >= 15 is 0 Å². The second-order valence-corrected chi connectivity index (χ2v) is 10.3. The minimum atomic E-state index is -2.72. The van der Waals surface area contributed by atoms with Crippen LogP contribution in [0.1, 0.15) is 43.2 Å². The molecule has 2 aromatic carbocycles. The lowest BCUT2D eigenvalue weighted by Crippen LogP contribution is -2.27. The summed E-state index contributed by atoms with van der Waals surface area (Å²) >= 11 is 1.71. The first kappa shape index (κ1) is 17.9. The van der Waals surface area contributed by atoms with Gasteiger partial charge in [-0.2, -0.15) is 0 Å². The highest BCUT2D eigenvalue weighted by Crippen LogP contribution is 2.59. The number of rotatable bonds is 4. The Bertz CT molecular complexity index is 795. The van der Waals surface area contributed by atoms with E-state index in [1.165, 1.54) is 19.3 Å². The largest absolute Gasteiger partial charge is 0.298 e. The van der Waals surface area contributed by atoms with Crippen LogP contribution >= 0.6 is 19.1 Å². The molecule has 0 atom stereocenters. The quantitative estimate of drug-likeness (QED) is 0.582. The summed E-state index contributed by atoms with van der Waals surface area (Å²) in [7, 11) is -2.72. The standard InChI is InChI=1S/C22H24NOPS/c24-25(23-20-14-8-3-9-15-20)16-21(18-10-4-1-5-11-18)26-22(17-25)19-12-6-2-7-13-19/h1-2,4-7,10-13,16-17,20H,3,8-9,14-15H2,(H,23,24). The lowest BCUT2D eigenvalue weighted by Gasteiger charge is -2.29. The monoisotopic (exact) mass is 381 g/mol. The van der Waals surface area contributed by atoms with Crippen molar-refractivity contribution in [2.24, 2.45) is 0 Å². The minimum absolute atomic E-state index is 0.360. The van der Waals surface area contributed by atoms with E-state index in [2.05, 4.69) is 29.4 Å². The van der Waals surface area contributed by atoms with Crippen LogP contribution in [0.25, 0.3) is 9.81 Å². The van der Waals surface area contributed by atoms with Crippen molar-refractivity contribution >= 4 is 28.9 Å². The Morgan fingerprint density at radius 3 is 1.77 bits per heavy atom. The number of benzene rings is 2. The Hall–Kier alpha value is -1.54. The predicted molar refractivity (Wildman–Crippen MR) is 114 cm³/mol. The van der Waals surface area contributed by atoms with Crippen LogP contribution in [0.2, 0.25) is 0 Å². The lowest BCUT2D eigenvalue weighted by atomic mass is 9.96. The van der Waals surface area contributed by atoms with E-state index < -0.39 is 7.29 Å². The van der Waals surface area contributed by atoms with E-state index in [1.54, 1.807) is 11.8 Å². The number of nitrogens with one attached hydrogen (secondary N) is 1. The van der Waals surface area contributed by atoms with Crippen molar-refractivity contribution in [2.75, 3.05) is 0 Å². The SMILES string of the molecule is O=P1(NC2CCCCC2)C=C(c2ccccc2)SC(c2ccccc2)=C1.